The molecule has 0 spiro atoms. The van der Waals surface area contributed by atoms with Crippen molar-refractivity contribution < 1.29 is 22.6 Å². The van der Waals surface area contributed by atoms with Gasteiger partial charge in [0.25, 0.3) is 3.70 Å². The average molecular weight is 393 g/mol. The van der Waals surface area contributed by atoms with Crippen molar-refractivity contribution >= 4 is 32.7 Å². The van der Waals surface area contributed by atoms with Gasteiger partial charge >= 0.3 is 0 Å². The van der Waals surface area contributed by atoms with Gasteiger partial charge in [-0.15, -0.1) is 0 Å². The van der Waals surface area contributed by atoms with Crippen LogP contribution in [0.2, 0.25) is 0 Å². The number of aryl methyl sites for hydroxylation is 1. The SMILES string of the molecule is C[n+]1cccc(O)c1I.O=S(=O)([O-])c1ccccc1. The lowest BCUT2D eigenvalue weighted by Gasteiger charge is -2.04. The van der Waals surface area contributed by atoms with Gasteiger partial charge in [0.15, 0.2) is 11.9 Å². The van der Waals surface area contributed by atoms with Gasteiger partial charge in [-0.3, -0.25) is 0 Å². The Balaban J connectivity index is 0.000000191. The Morgan fingerprint density at radius 2 is 1.74 bits per heavy atom. The molecule has 0 radical (unpaired) electrons. The number of rotatable bonds is 1. The van der Waals surface area contributed by atoms with Gasteiger partial charge in [-0.25, -0.2) is 8.42 Å². The number of halogens is 1. The van der Waals surface area contributed by atoms with Crippen molar-refractivity contribution in [1.29, 1.82) is 0 Å². The minimum Gasteiger partial charge on any atom is -0.744 e. The van der Waals surface area contributed by atoms with Gasteiger partial charge in [0, 0.05) is 28.7 Å². The van der Waals surface area contributed by atoms with Crippen molar-refractivity contribution in [2.75, 3.05) is 0 Å². The minimum atomic E-state index is -4.25. The number of hydrogen-bond acceptors (Lipinski definition) is 4. The maximum Gasteiger partial charge on any atom is 0.282 e. The number of nitrogens with zero attached hydrogens (tertiary/aromatic N) is 1. The second-order valence-electron chi connectivity index (χ2n) is 3.56. The fraction of sp³-hybridized carbons (Fsp3) is 0.0833. The summed E-state index contributed by atoms with van der Waals surface area (Å²) in [4.78, 5) is -0.185. The molecule has 0 atom stereocenters. The summed E-state index contributed by atoms with van der Waals surface area (Å²) >= 11 is 2.08. The van der Waals surface area contributed by atoms with Gasteiger partial charge in [-0.1, -0.05) is 18.2 Å². The lowest BCUT2D eigenvalue weighted by atomic mass is 10.4. The van der Waals surface area contributed by atoms with Crippen molar-refractivity contribution in [1.82, 2.24) is 0 Å². The molecule has 19 heavy (non-hydrogen) atoms. The molecule has 0 saturated carbocycles. The predicted octanol–water partition coefficient (Wildman–Crippen LogP) is 1.41. The van der Waals surface area contributed by atoms with Gasteiger partial charge in [0.1, 0.15) is 17.2 Å². The molecule has 2 rings (SSSR count). The van der Waals surface area contributed by atoms with E-state index in [1.165, 1.54) is 24.3 Å². The molecule has 0 bridgehead atoms. The highest BCUT2D eigenvalue weighted by Gasteiger charge is 2.05. The number of aromatic hydroxyl groups is 1. The van der Waals surface area contributed by atoms with Crippen LogP contribution < -0.4 is 4.57 Å². The van der Waals surface area contributed by atoms with Gasteiger partial charge in [-0.2, -0.15) is 4.57 Å². The first-order valence-corrected chi connectivity index (χ1v) is 7.65. The van der Waals surface area contributed by atoms with Crippen LogP contribution in [0.15, 0.2) is 53.6 Å². The van der Waals surface area contributed by atoms with Crippen LogP contribution >= 0.6 is 22.6 Å². The fourth-order valence-electron chi connectivity index (χ4n) is 1.17. The Morgan fingerprint density at radius 1 is 1.16 bits per heavy atom. The molecule has 102 valence electrons. The zero-order valence-corrected chi connectivity index (χ0v) is 13.0. The van der Waals surface area contributed by atoms with Crippen LogP contribution in [0.1, 0.15) is 0 Å². The molecule has 0 fully saturated rings. The predicted molar refractivity (Wildman–Crippen MR) is 76.4 cm³/mol. The Labute approximate surface area is 125 Å². The van der Waals surface area contributed by atoms with E-state index in [0.29, 0.717) is 5.75 Å². The van der Waals surface area contributed by atoms with E-state index in [1.807, 2.05) is 17.8 Å². The van der Waals surface area contributed by atoms with Crippen LogP contribution in [0.5, 0.6) is 5.75 Å². The van der Waals surface area contributed by atoms with Gasteiger partial charge in [0.2, 0.25) is 0 Å². The second kappa shape index (κ2) is 6.83. The van der Waals surface area contributed by atoms with Gasteiger partial charge in [0.05, 0.1) is 4.90 Å². The first kappa shape index (κ1) is 15.9. The van der Waals surface area contributed by atoms with Crippen LogP contribution in [0.3, 0.4) is 0 Å². The molecule has 1 N–H and O–H groups in total. The van der Waals surface area contributed by atoms with E-state index in [1.54, 1.807) is 18.2 Å². The second-order valence-corrected chi connectivity index (χ2v) is 5.96. The summed E-state index contributed by atoms with van der Waals surface area (Å²) in [6.07, 6.45) is 1.89. The first-order valence-electron chi connectivity index (χ1n) is 5.16. The Kier molecular flexibility index (Phi) is 5.70. The Morgan fingerprint density at radius 3 is 2.11 bits per heavy atom. The lowest BCUT2D eigenvalue weighted by molar-refractivity contribution is -0.684. The zero-order chi connectivity index (χ0) is 14.5. The number of pyridine rings is 1. The smallest absolute Gasteiger partial charge is 0.282 e. The summed E-state index contributed by atoms with van der Waals surface area (Å²) in [7, 11) is -2.36. The molecule has 2 aromatic rings. The van der Waals surface area contributed by atoms with E-state index in [0.717, 1.165) is 3.70 Å². The molecule has 0 amide bonds. The highest BCUT2D eigenvalue weighted by Crippen LogP contribution is 2.12. The molecule has 0 aliphatic carbocycles. The van der Waals surface area contributed by atoms with E-state index in [9.17, 15) is 13.0 Å². The number of hydrogen-bond donors (Lipinski definition) is 1. The summed E-state index contributed by atoms with van der Waals surface area (Å²) < 4.78 is 33.5. The third-order valence-corrected chi connectivity index (χ3v) is 4.28. The van der Waals surface area contributed by atoms with Crippen molar-refractivity contribution in [2.45, 2.75) is 4.90 Å². The summed E-state index contributed by atoms with van der Waals surface area (Å²) in [5, 5.41) is 9.07. The van der Waals surface area contributed by atoms with E-state index in [4.69, 9.17) is 5.11 Å². The number of benzene rings is 1. The molecule has 0 unspecified atom stereocenters. The van der Waals surface area contributed by atoms with Crippen LogP contribution in [0, 0.1) is 3.70 Å². The van der Waals surface area contributed by atoms with Crippen LogP contribution in [-0.2, 0) is 17.2 Å². The average Bonchev–Trinajstić information content (AvgIpc) is 2.37. The Bertz CT molecular complexity index is 624. The van der Waals surface area contributed by atoms with Crippen molar-refractivity contribution in [3.8, 4) is 5.75 Å². The molecule has 1 aromatic carbocycles. The monoisotopic (exact) mass is 393 g/mol. The van der Waals surface area contributed by atoms with E-state index < -0.39 is 10.1 Å². The molecule has 0 saturated heterocycles. The molecule has 1 aromatic heterocycles. The fourth-order valence-corrected chi connectivity index (χ4v) is 2.00. The van der Waals surface area contributed by atoms with E-state index >= 15 is 0 Å². The molecule has 0 aliphatic rings. The summed E-state index contributed by atoms with van der Waals surface area (Å²) in [5.41, 5.74) is 0. The highest BCUT2D eigenvalue weighted by molar-refractivity contribution is 14.1. The maximum atomic E-state index is 10.3. The molecule has 1 heterocycles. The first-order chi connectivity index (χ1) is 8.82. The van der Waals surface area contributed by atoms with Crippen molar-refractivity contribution in [3.05, 3.63) is 52.4 Å². The van der Waals surface area contributed by atoms with Crippen molar-refractivity contribution in [2.24, 2.45) is 7.05 Å². The Hall–Kier alpha value is -1.19. The standard InChI is InChI=1S/C6H6INO.C6H6O3S/c1-8-4-2-3-5(9)6(8)7;7-10(8,9)6-4-2-1-3-5-6/h2-4H,1H3;1-5H,(H,7,8,9). The molecule has 7 heteroatoms. The molecule has 0 aliphatic heterocycles. The summed E-state index contributed by atoms with van der Waals surface area (Å²) in [6, 6.07) is 10.7. The zero-order valence-electron chi connectivity index (χ0n) is 10.0. The van der Waals surface area contributed by atoms with Crippen LogP contribution in [-0.4, -0.2) is 18.1 Å². The third-order valence-electron chi connectivity index (χ3n) is 2.12. The maximum absolute atomic E-state index is 10.3. The van der Waals surface area contributed by atoms with Crippen LogP contribution in [0.25, 0.3) is 0 Å². The van der Waals surface area contributed by atoms with Crippen molar-refractivity contribution in [3.63, 3.8) is 0 Å². The summed E-state index contributed by atoms with van der Waals surface area (Å²) in [6.45, 7) is 0. The molecular weight excluding hydrogens is 381 g/mol. The van der Waals surface area contributed by atoms with E-state index in [-0.39, 0.29) is 4.90 Å². The van der Waals surface area contributed by atoms with Gasteiger partial charge < -0.3 is 9.66 Å². The molecule has 5 nitrogen and oxygen atoms in total. The lowest BCUT2D eigenvalue weighted by Crippen LogP contribution is -2.31. The largest absolute Gasteiger partial charge is 0.744 e. The van der Waals surface area contributed by atoms with Gasteiger partial charge in [-0.05, 0) is 18.2 Å². The topological polar surface area (TPSA) is 81.3 Å². The minimum absolute atomic E-state index is 0.185. The quantitative estimate of drug-likeness (QED) is 0.344. The van der Waals surface area contributed by atoms with E-state index in [2.05, 4.69) is 22.6 Å². The highest BCUT2D eigenvalue weighted by atomic mass is 127. The number of aromatic nitrogens is 1. The van der Waals surface area contributed by atoms with Crippen LogP contribution in [0.4, 0.5) is 0 Å². The normalized spacial score (nSPS) is 10.5. The third kappa shape index (κ3) is 5.13. The summed E-state index contributed by atoms with van der Waals surface area (Å²) in [5.74, 6) is 0.334. The molecular formula is C12H12INO4S.